The lowest BCUT2D eigenvalue weighted by Crippen LogP contribution is -2.37. The van der Waals surface area contributed by atoms with Crippen molar-refractivity contribution in [3.8, 4) is 0 Å². The summed E-state index contributed by atoms with van der Waals surface area (Å²) in [6, 6.07) is 1.53. The molecule has 2 rings (SSSR count). The fourth-order valence-electron chi connectivity index (χ4n) is 2.00. The average molecular weight is 302 g/mol. The van der Waals surface area contributed by atoms with Crippen molar-refractivity contribution in [3.05, 3.63) is 11.8 Å². The van der Waals surface area contributed by atoms with E-state index in [1.54, 1.807) is 6.92 Å². The fourth-order valence-corrected chi connectivity index (χ4v) is 3.45. The average Bonchev–Trinajstić information content (AvgIpc) is 3.00. The molecule has 0 aromatic carbocycles. The summed E-state index contributed by atoms with van der Waals surface area (Å²) >= 11 is 0. The number of nitrogens with one attached hydrogen (secondary N) is 1. The van der Waals surface area contributed by atoms with E-state index in [9.17, 15) is 13.2 Å². The predicted octanol–water partition coefficient (Wildman–Crippen LogP) is 0.904. The largest absolute Gasteiger partial charge is 0.377 e. The number of hydrogen-bond acceptors (Lipinski definition) is 6. The van der Waals surface area contributed by atoms with Crippen molar-refractivity contribution in [2.75, 3.05) is 17.7 Å². The van der Waals surface area contributed by atoms with Crippen LogP contribution in [-0.4, -0.2) is 43.2 Å². The van der Waals surface area contributed by atoms with E-state index in [2.05, 4.69) is 10.5 Å². The Kier molecular flexibility index (Phi) is 4.44. The Hall–Kier alpha value is -1.41. The van der Waals surface area contributed by atoms with Crippen LogP contribution >= 0.6 is 0 Å². The molecule has 1 amide bonds. The Labute approximate surface area is 117 Å². The molecule has 1 aromatic rings. The van der Waals surface area contributed by atoms with Gasteiger partial charge in [-0.15, -0.1) is 0 Å². The number of amides is 1. The number of nitrogens with zero attached hydrogens (tertiary/aromatic N) is 1. The summed E-state index contributed by atoms with van der Waals surface area (Å²) in [6.07, 6.45) is 1.28. The van der Waals surface area contributed by atoms with Crippen LogP contribution in [0.5, 0.6) is 0 Å². The lowest BCUT2D eigenvalue weighted by molar-refractivity contribution is -0.115. The van der Waals surface area contributed by atoms with Crippen molar-refractivity contribution >= 4 is 21.6 Å². The predicted molar refractivity (Wildman–Crippen MR) is 72.1 cm³/mol. The number of carbonyl (C=O) groups excluding carboxylic acids is 1. The molecule has 112 valence electrons. The summed E-state index contributed by atoms with van der Waals surface area (Å²) in [5.74, 6) is 0.0116. The maximum absolute atomic E-state index is 12.1. The molecule has 1 aliphatic heterocycles. The summed E-state index contributed by atoms with van der Waals surface area (Å²) in [6.45, 7) is 3.63. The van der Waals surface area contributed by atoms with E-state index in [0.717, 1.165) is 12.8 Å². The standard InChI is InChI=1S/C12H18N2O5S/c1-8-6-11(14-19-8)13-12(15)9(2)20(16,17)7-10-4-3-5-18-10/h6,9-10H,3-5,7H2,1-2H3,(H,13,14,15)/t9-,10-/m0/s1. The summed E-state index contributed by atoms with van der Waals surface area (Å²) in [5, 5.41) is 4.88. The highest BCUT2D eigenvalue weighted by Crippen LogP contribution is 2.17. The Morgan fingerprint density at radius 2 is 2.35 bits per heavy atom. The second-order valence-electron chi connectivity index (χ2n) is 4.92. The Balaban J connectivity index is 1.97. The first-order valence-corrected chi connectivity index (χ1v) is 8.17. The third kappa shape index (κ3) is 3.57. The summed E-state index contributed by atoms with van der Waals surface area (Å²) in [7, 11) is -3.55. The second-order valence-corrected chi connectivity index (χ2v) is 7.28. The number of ether oxygens (including phenoxy) is 1. The molecule has 0 unspecified atom stereocenters. The number of anilines is 1. The van der Waals surface area contributed by atoms with E-state index in [1.165, 1.54) is 13.0 Å². The first-order valence-electron chi connectivity index (χ1n) is 6.46. The van der Waals surface area contributed by atoms with E-state index in [0.29, 0.717) is 12.4 Å². The van der Waals surface area contributed by atoms with Gasteiger partial charge in [-0.1, -0.05) is 5.16 Å². The van der Waals surface area contributed by atoms with E-state index < -0.39 is 21.0 Å². The molecule has 2 atom stereocenters. The van der Waals surface area contributed by atoms with Gasteiger partial charge in [0.15, 0.2) is 15.7 Å². The van der Waals surface area contributed by atoms with Crippen molar-refractivity contribution in [3.63, 3.8) is 0 Å². The molecule has 0 aliphatic carbocycles. The molecule has 7 nitrogen and oxygen atoms in total. The minimum Gasteiger partial charge on any atom is -0.377 e. The van der Waals surface area contributed by atoms with Crippen LogP contribution in [0.2, 0.25) is 0 Å². The van der Waals surface area contributed by atoms with Crippen LogP contribution < -0.4 is 5.32 Å². The molecule has 1 aromatic heterocycles. The summed E-state index contributed by atoms with van der Waals surface area (Å²) in [4.78, 5) is 11.9. The van der Waals surface area contributed by atoms with Crippen molar-refractivity contribution in [2.45, 2.75) is 38.0 Å². The highest BCUT2D eigenvalue weighted by Gasteiger charge is 2.32. The molecular formula is C12H18N2O5S. The van der Waals surface area contributed by atoms with Gasteiger partial charge in [-0.3, -0.25) is 4.79 Å². The molecule has 0 radical (unpaired) electrons. The maximum atomic E-state index is 12.1. The second kappa shape index (κ2) is 5.92. The molecule has 2 heterocycles. The van der Waals surface area contributed by atoms with E-state index in [-0.39, 0.29) is 17.7 Å². The lowest BCUT2D eigenvalue weighted by atomic mass is 10.3. The van der Waals surface area contributed by atoms with Gasteiger partial charge < -0.3 is 14.6 Å². The first kappa shape index (κ1) is 15.0. The molecule has 1 saturated heterocycles. The molecule has 1 aliphatic rings. The highest BCUT2D eigenvalue weighted by atomic mass is 32.2. The Morgan fingerprint density at radius 1 is 1.60 bits per heavy atom. The molecule has 0 saturated carbocycles. The van der Waals surface area contributed by atoms with Gasteiger partial charge in [0.25, 0.3) is 0 Å². The number of sulfone groups is 1. The minimum atomic E-state index is -3.55. The molecule has 0 spiro atoms. The normalized spacial score (nSPS) is 20.8. The monoisotopic (exact) mass is 302 g/mol. The van der Waals surface area contributed by atoms with Crippen LogP contribution in [0.1, 0.15) is 25.5 Å². The molecule has 0 bridgehead atoms. The van der Waals surface area contributed by atoms with Crippen LogP contribution in [0, 0.1) is 6.92 Å². The van der Waals surface area contributed by atoms with Gasteiger partial charge in [-0.05, 0) is 26.7 Å². The molecule has 1 N–H and O–H groups in total. The summed E-state index contributed by atoms with van der Waals surface area (Å²) < 4.78 is 34.4. The lowest BCUT2D eigenvalue weighted by Gasteiger charge is -2.15. The number of aromatic nitrogens is 1. The zero-order chi connectivity index (χ0) is 14.8. The number of hydrogen-bond donors (Lipinski definition) is 1. The van der Waals surface area contributed by atoms with Crippen LogP contribution in [0.15, 0.2) is 10.6 Å². The van der Waals surface area contributed by atoms with E-state index in [4.69, 9.17) is 9.26 Å². The third-order valence-electron chi connectivity index (χ3n) is 3.23. The van der Waals surface area contributed by atoms with Gasteiger partial charge in [0, 0.05) is 12.7 Å². The molecule has 20 heavy (non-hydrogen) atoms. The Morgan fingerprint density at radius 3 is 2.90 bits per heavy atom. The molecular weight excluding hydrogens is 284 g/mol. The quantitative estimate of drug-likeness (QED) is 0.868. The smallest absolute Gasteiger partial charge is 0.243 e. The van der Waals surface area contributed by atoms with E-state index in [1.807, 2.05) is 0 Å². The highest BCUT2D eigenvalue weighted by molar-refractivity contribution is 7.92. The number of carbonyl (C=O) groups is 1. The van der Waals surface area contributed by atoms with Crippen molar-refractivity contribution in [2.24, 2.45) is 0 Å². The fraction of sp³-hybridized carbons (Fsp3) is 0.667. The van der Waals surface area contributed by atoms with Gasteiger partial charge in [0.2, 0.25) is 5.91 Å². The van der Waals surface area contributed by atoms with Crippen molar-refractivity contribution < 1.29 is 22.5 Å². The summed E-state index contributed by atoms with van der Waals surface area (Å²) in [5.41, 5.74) is 0. The van der Waals surface area contributed by atoms with Gasteiger partial charge in [0.05, 0.1) is 11.9 Å². The minimum absolute atomic E-state index is 0.126. The first-order chi connectivity index (χ1) is 9.38. The zero-order valence-electron chi connectivity index (χ0n) is 11.5. The molecule has 1 fully saturated rings. The van der Waals surface area contributed by atoms with Crippen LogP contribution in [0.3, 0.4) is 0 Å². The van der Waals surface area contributed by atoms with Crippen LogP contribution in [0.4, 0.5) is 5.82 Å². The topological polar surface area (TPSA) is 98.5 Å². The van der Waals surface area contributed by atoms with Gasteiger partial charge >= 0.3 is 0 Å². The van der Waals surface area contributed by atoms with Gasteiger partial charge in [-0.2, -0.15) is 0 Å². The Bertz CT molecular complexity index is 574. The van der Waals surface area contributed by atoms with Crippen molar-refractivity contribution in [1.82, 2.24) is 5.16 Å². The van der Waals surface area contributed by atoms with Crippen molar-refractivity contribution in [1.29, 1.82) is 0 Å². The van der Waals surface area contributed by atoms with E-state index >= 15 is 0 Å². The van der Waals surface area contributed by atoms with Gasteiger partial charge in [0.1, 0.15) is 11.0 Å². The number of aryl methyl sites for hydroxylation is 1. The van der Waals surface area contributed by atoms with Gasteiger partial charge in [-0.25, -0.2) is 8.42 Å². The number of rotatable bonds is 5. The van der Waals surface area contributed by atoms with Crippen LogP contribution in [-0.2, 0) is 19.4 Å². The third-order valence-corrected chi connectivity index (χ3v) is 5.36. The van der Waals surface area contributed by atoms with Crippen LogP contribution in [0.25, 0.3) is 0 Å². The maximum Gasteiger partial charge on any atom is 0.243 e. The molecule has 8 heteroatoms. The zero-order valence-corrected chi connectivity index (χ0v) is 12.3. The SMILES string of the molecule is Cc1cc(NC(=O)[C@H](C)S(=O)(=O)C[C@@H]2CCCO2)no1.